The van der Waals surface area contributed by atoms with Gasteiger partial charge >= 0.3 is 5.97 Å². The quantitative estimate of drug-likeness (QED) is 0.322. The second-order valence-electron chi connectivity index (χ2n) is 7.27. The first-order chi connectivity index (χ1) is 13.8. The maximum absolute atomic E-state index is 13.3. The van der Waals surface area contributed by atoms with Gasteiger partial charge in [0.2, 0.25) is 5.78 Å². The Labute approximate surface area is 165 Å². The zero-order valence-corrected chi connectivity index (χ0v) is 16.1. The molecule has 0 saturated carbocycles. The molecule has 0 aliphatic heterocycles. The minimum absolute atomic E-state index is 0.0180. The Morgan fingerprint density at radius 2 is 1.34 bits per heavy atom. The third kappa shape index (κ3) is 3.54. The van der Waals surface area contributed by atoms with Gasteiger partial charge in [-0.2, -0.15) is 0 Å². The van der Waals surface area contributed by atoms with Gasteiger partial charge < -0.3 is 22.4 Å². The highest BCUT2D eigenvalue weighted by Crippen LogP contribution is 2.40. The summed E-state index contributed by atoms with van der Waals surface area (Å²) < 4.78 is 27.6. The van der Waals surface area contributed by atoms with Gasteiger partial charge in [0.1, 0.15) is 11.2 Å². The second-order valence-corrected chi connectivity index (χ2v) is 7.27. The molecule has 0 radical (unpaired) electrons. The lowest BCUT2D eigenvalue weighted by molar-refractivity contribution is 0.00682. The molecule has 0 aromatic carbocycles. The number of hydrogen-bond donors (Lipinski definition) is 0. The molecule has 0 N–H and O–H groups in total. The molecular formula is C22H18O7. The van der Waals surface area contributed by atoms with Gasteiger partial charge in [0.05, 0.1) is 24.4 Å². The van der Waals surface area contributed by atoms with Gasteiger partial charge in [-0.25, -0.2) is 4.79 Å². The summed E-state index contributed by atoms with van der Waals surface area (Å²) in [6.07, 6.45) is 4.26. The zero-order valence-electron chi connectivity index (χ0n) is 16.1. The van der Waals surface area contributed by atoms with Crippen molar-refractivity contribution in [2.45, 2.75) is 26.4 Å². The van der Waals surface area contributed by atoms with E-state index < -0.39 is 17.4 Å². The third-order valence-corrected chi connectivity index (χ3v) is 3.97. The Hall–Kier alpha value is -3.74. The van der Waals surface area contributed by atoms with Crippen LogP contribution < -0.4 is 0 Å². The van der Waals surface area contributed by atoms with E-state index in [0.29, 0.717) is 0 Å². The molecule has 148 valence electrons. The Balaban J connectivity index is 1.99. The van der Waals surface area contributed by atoms with Crippen LogP contribution in [0.5, 0.6) is 0 Å². The van der Waals surface area contributed by atoms with Crippen LogP contribution in [0.3, 0.4) is 0 Å². The summed E-state index contributed by atoms with van der Waals surface area (Å²) >= 11 is 0. The van der Waals surface area contributed by atoms with Crippen molar-refractivity contribution < 1.29 is 32.0 Å². The molecule has 0 atom stereocenters. The number of carbonyl (C=O) groups excluding carboxylic acids is 2. The number of rotatable bonds is 5. The van der Waals surface area contributed by atoms with E-state index in [0.717, 1.165) is 0 Å². The van der Waals surface area contributed by atoms with Crippen LogP contribution in [0.15, 0.2) is 72.9 Å². The molecule has 4 aromatic heterocycles. The molecular weight excluding hydrogens is 376 g/mol. The Bertz CT molecular complexity index is 1120. The number of ether oxygens (including phenoxy) is 1. The molecule has 4 rings (SSSR count). The molecule has 0 fully saturated rings. The molecule has 0 spiro atoms. The monoisotopic (exact) mass is 394 g/mol. The summed E-state index contributed by atoms with van der Waals surface area (Å²) in [6, 6.07) is 9.64. The normalized spacial score (nSPS) is 11.6. The van der Waals surface area contributed by atoms with E-state index in [1.807, 2.05) is 0 Å². The Morgan fingerprint density at radius 3 is 1.83 bits per heavy atom. The molecule has 4 aromatic rings. The highest BCUT2D eigenvalue weighted by molar-refractivity contribution is 6.18. The molecule has 0 unspecified atom stereocenters. The first kappa shape index (κ1) is 18.6. The average Bonchev–Trinajstić information content (AvgIpc) is 3.47. The van der Waals surface area contributed by atoms with Crippen molar-refractivity contribution in [2.24, 2.45) is 0 Å². The van der Waals surface area contributed by atoms with Crippen LogP contribution in [0.4, 0.5) is 0 Å². The fraction of sp³-hybridized carbons (Fsp3) is 0.182. The summed E-state index contributed by atoms with van der Waals surface area (Å²) in [5, 5.41) is 0. The van der Waals surface area contributed by atoms with E-state index in [1.54, 1.807) is 51.1 Å². The fourth-order valence-electron chi connectivity index (χ4n) is 2.87. The van der Waals surface area contributed by atoms with Gasteiger partial charge in [0.25, 0.3) is 0 Å². The highest BCUT2D eigenvalue weighted by Gasteiger charge is 2.36. The summed E-state index contributed by atoms with van der Waals surface area (Å²) in [7, 11) is 0. The van der Waals surface area contributed by atoms with Crippen molar-refractivity contribution in [1.82, 2.24) is 0 Å². The predicted molar refractivity (Wildman–Crippen MR) is 101 cm³/mol. The van der Waals surface area contributed by atoms with Gasteiger partial charge in [-0.1, -0.05) is 0 Å². The zero-order chi connectivity index (χ0) is 20.6. The number of carbonyl (C=O) groups is 2. The topological polar surface area (TPSA) is 95.9 Å². The Kier molecular flexibility index (Phi) is 4.50. The molecule has 7 heteroatoms. The van der Waals surface area contributed by atoms with Gasteiger partial charge in [-0.3, -0.25) is 4.79 Å². The predicted octanol–water partition coefficient (Wildman–Crippen LogP) is 5.58. The summed E-state index contributed by atoms with van der Waals surface area (Å²) in [6.45, 7) is 5.21. The van der Waals surface area contributed by atoms with Crippen LogP contribution in [-0.2, 0) is 4.74 Å². The molecule has 4 heterocycles. The van der Waals surface area contributed by atoms with Crippen molar-refractivity contribution >= 4 is 11.8 Å². The van der Waals surface area contributed by atoms with Crippen LogP contribution in [0.25, 0.3) is 23.0 Å². The molecule has 0 aliphatic rings. The van der Waals surface area contributed by atoms with Gasteiger partial charge in [-0.15, -0.1) is 0 Å². The number of esters is 1. The maximum atomic E-state index is 13.3. The SMILES string of the molecule is CC(C)(C)OC(=O)c1c(-c2ccco2)oc(-c2ccco2)c1C(=O)c1ccco1. The minimum atomic E-state index is -0.787. The van der Waals surface area contributed by atoms with E-state index in [4.69, 9.17) is 22.4 Å². The molecule has 29 heavy (non-hydrogen) atoms. The summed E-state index contributed by atoms with van der Waals surface area (Å²) in [4.78, 5) is 26.4. The largest absolute Gasteiger partial charge is 0.461 e. The van der Waals surface area contributed by atoms with Crippen molar-refractivity contribution in [3.05, 3.63) is 72.1 Å². The van der Waals surface area contributed by atoms with Crippen LogP contribution in [0, 0.1) is 0 Å². The number of ketones is 1. The fourth-order valence-corrected chi connectivity index (χ4v) is 2.87. The van der Waals surface area contributed by atoms with E-state index >= 15 is 0 Å². The highest BCUT2D eigenvalue weighted by atomic mass is 16.6. The lowest BCUT2D eigenvalue weighted by Gasteiger charge is -2.19. The standard InChI is InChI=1S/C22H18O7/c1-22(2,3)29-21(24)17-16(18(23)13-7-4-10-25-13)19(14-8-5-11-26-14)28-20(17)15-9-6-12-27-15/h4-12H,1-3H3. The number of furan rings is 4. The second kappa shape index (κ2) is 7.01. The van der Waals surface area contributed by atoms with E-state index in [9.17, 15) is 9.59 Å². The minimum Gasteiger partial charge on any atom is -0.461 e. The van der Waals surface area contributed by atoms with Crippen molar-refractivity contribution in [1.29, 1.82) is 0 Å². The lowest BCUT2D eigenvalue weighted by Crippen LogP contribution is -2.25. The summed E-state index contributed by atoms with van der Waals surface area (Å²) in [5.74, 6) is -0.493. The van der Waals surface area contributed by atoms with E-state index in [1.165, 1.54) is 24.9 Å². The molecule has 0 saturated heterocycles. The molecule has 0 aliphatic carbocycles. The smallest absolute Gasteiger partial charge is 0.343 e. The van der Waals surface area contributed by atoms with Gasteiger partial charge in [-0.05, 0) is 57.2 Å². The Morgan fingerprint density at radius 1 is 0.793 bits per heavy atom. The first-order valence-corrected chi connectivity index (χ1v) is 8.91. The van der Waals surface area contributed by atoms with Gasteiger partial charge in [0, 0.05) is 0 Å². The van der Waals surface area contributed by atoms with Crippen LogP contribution >= 0.6 is 0 Å². The van der Waals surface area contributed by atoms with E-state index in [-0.39, 0.29) is 39.9 Å². The van der Waals surface area contributed by atoms with Crippen molar-refractivity contribution in [3.8, 4) is 23.0 Å². The average molecular weight is 394 g/mol. The van der Waals surface area contributed by atoms with Crippen LogP contribution in [0.1, 0.15) is 47.2 Å². The van der Waals surface area contributed by atoms with E-state index in [2.05, 4.69) is 0 Å². The molecule has 7 nitrogen and oxygen atoms in total. The van der Waals surface area contributed by atoms with Crippen molar-refractivity contribution in [2.75, 3.05) is 0 Å². The van der Waals surface area contributed by atoms with Crippen molar-refractivity contribution in [3.63, 3.8) is 0 Å². The lowest BCUT2D eigenvalue weighted by atomic mass is 10.0. The first-order valence-electron chi connectivity index (χ1n) is 8.91. The maximum Gasteiger partial charge on any atom is 0.343 e. The van der Waals surface area contributed by atoms with Crippen LogP contribution in [0.2, 0.25) is 0 Å². The summed E-state index contributed by atoms with van der Waals surface area (Å²) in [5.41, 5.74) is -0.858. The molecule has 0 amide bonds. The van der Waals surface area contributed by atoms with Crippen LogP contribution in [-0.4, -0.2) is 17.4 Å². The molecule has 0 bridgehead atoms. The third-order valence-electron chi connectivity index (χ3n) is 3.97. The number of hydrogen-bond acceptors (Lipinski definition) is 7. The van der Waals surface area contributed by atoms with Gasteiger partial charge in [0.15, 0.2) is 28.8 Å².